The van der Waals surface area contributed by atoms with Crippen LogP contribution in [0.3, 0.4) is 0 Å². The SMILES string of the molecule is CC(=O)c1ccc(C2(C(F)F)CCC2)cc1. The minimum absolute atomic E-state index is 0.0359. The van der Waals surface area contributed by atoms with E-state index < -0.39 is 11.8 Å². The summed E-state index contributed by atoms with van der Waals surface area (Å²) in [4.78, 5) is 11.1. The lowest BCUT2D eigenvalue weighted by molar-refractivity contribution is 0.000837. The normalized spacial score (nSPS) is 18.2. The molecule has 86 valence electrons. The number of carbonyl (C=O) groups is 1. The Labute approximate surface area is 93.5 Å². The van der Waals surface area contributed by atoms with Crippen LogP contribution in [0.25, 0.3) is 0 Å². The van der Waals surface area contributed by atoms with Crippen LogP contribution in [-0.4, -0.2) is 12.2 Å². The molecule has 0 atom stereocenters. The lowest BCUT2D eigenvalue weighted by Crippen LogP contribution is -2.41. The van der Waals surface area contributed by atoms with E-state index in [0.29, 0.717) is 24.0 Å². The highest BCUT2D eigenvalue weighted by molar-refractivity contribution is 5.94. The van der Waals surface area contributed by atoms with E-state index in [1.165, 1.54) is 6.92 Å². The molecule has 1 aromatic rings. The van der Waals surface area contributed by atoms with Gasteiger partial charge in [0.15, 0.2) is 5.78 Å². The summed E-state index contributed by atoms with van der Waals surface area (Å²) in [7, 11) is 0. The Hall–Kier alpha value is -1.25. The molecule has 0 heterocycles. The van der Waals surface area contributed by atoms with Crippen molar-refractivity contribution < 1.29 is 13.6 Å². The van der Waals surface area contributed by atoms with Gasteiger partial charge in [-0.2, -0.15) is 0 Å². The van der Waals surface area contributed by atoms with Gasteiger partial charge < -0.3 is 0 Å². The standard InChI is InChI=1S/C13H14F2O/c1-9(16)10-3-5-11(6-4-10)13(12(14)15)7-2-8-13/h3-6,12H,2,7-8H2,1H3. The van der Waals surface area contributed by atoms with Crippen molar-refractivity contribution in [2.24, 2.45) is 0 Å². The van der Waals surface area contributed by atoms with E-state index in [-0.39, 0.29) is 5.78 Å². The molecular formula is C13H14F2O. The largest absolute Gasteiger partial charge is 0.295 e. The summed E-state index contributed by atoms with van der Waals surface area (Å²) in [6.45, 7) is 1.47. The van der Waals surface area contributed by atoms with Crippen LogP contribution in [0.5, 0.6) is 0 Å². The summed E-state index contributed by atoms with van der Waals surface area (Å²) >= 11 is 0. The molecule has 1 aliphatic carbocycles. The molecule has 0 saturated heterocycles. The van der Waals surface area contributed by atoms with Gasteiger partial charge in [0, 0.05) is 5.56 Å². The number of hydrogen-bond acceptors (Lipinski definition) is 1. The van der Waals surface area contributed by atoms with Crippen molar-refractivity contribution in [2.75, 3.05) is 0 Å². The summed E-state index contributed by atoms with van der Waals surface area (Å²) in [6.07, 6.45) is -0.364. The maximum absolute atomic E-state index is 13.0. The van der Waals surface area contributed by atoms with Gasteiger partial charge in [0.2, 0.25) is 6.43 Å². The summed E-state index contributed by atoms with van der Waals surface area (Å²) in [5.41, 5.74) is 0.293. The Kier molecular flexibility index (Phi) is 2.78. The van der Waals surface area contributed by atoms with Crippen molar-refractivity contribution in [3.8, 4) is 0 Å². The molecule has 0 aliphatic heterocycles. The third-order valence-corrected chi connectivity index (χ3v) is 3.53. The summed E-state index contributed by atoms with van der Waals surface area (Å²) < 4.78 is 26.0. The second kappa shape index (κ2) is 3.96. The van der Waals surface area contributed by atoms with E-state index in [2.05, 4.69) is 0 Å². The first-order valence-electron chi connectivity index (χ1n) is 5.46. The summed E-state index contributed by atoms with van der Waals surface area (Å²) in [5, 5.41) is 0. The third-order valence-electron chi connectivity index (χ3n) is 3.53. The highest BCUT2D eigenvalue weighted by atomic mass is 19.3. The Morgan fingerprint density at radius 3 is 2.12 bits per heavy atom. The van der Waals surface area contributed by atoms with Crippen LogP contribution >= 0.6 is 0 Å². The van der Waals surface area contributed by atoms with Crippen LogP contribution in [0.1, 0.15) is 42.1 Å². The fourth-order valence-corrected chi connectivity index (χ4v) is 2.23. The number of benzene rings is 1. The summed E-state index contributed by atoms with van der Waals surface area (Å²) in [6, 6.07) is 6.62. The van der Waals surface area contributed by atoms with E-state index in [4.69, 9.17) is 0 Å². The minimum atomic E-state index is -2.32. The van der Waals surface area contributed by atoms with Gasteiger partial charge in [-0.25, -0.2) is 8.78 Å². The van der Waals surface area contributed by atoms with E-state index in [1.54, 1.807) is 24.3 Å². The molecule has 1 aromatic carbocycles. The molecule has 1 nitrogen and oxygen atoms in total. The van der Waals surface area contributed by atoms with Gasteiger partial charge in [-0.3, -0.25) is 4.79 Å². The Morgan fingerprint density at radius 2 is 1.81 bits per heavy atom. The van der Waals surface area contributed by atoms with Gasteiger partial charge in [0.05, 0.1) is 5.41 Å². The highest BCUT2D eigenvalue weighted by Crippen LogP contribution is 2.48. The van der Waals surface area contributed by atoms with Crippen molar-refractivity contribution in [3.05, 3.63) is 35.4 Å². The molecule has 0 bridgehead atoms. The fraction of sp³-hybridized carbons (Fsp3) is 0.462. The molecule has 2 rings (SSSR count). The number of ketones is 1. The number of rotatable bonds is 3. The molecule has 0 unspecified atom stereocenters. The number of halogens is 2. The maximum atomic E-state index is 13.0. The third kappa shape index (κ3) is 1.64. The van der Waals surface area contributed by atoms with Gasteiger partial charge in [-0.1, -0.05) is 30.7 Å². The van der Waals surface area contributed by atoms with Crippen molar-refractivity contribution in [1.29, 1.82) is 0 Å². The van der Waals surface area contributed by atoms with Gasteiger partial charge in [-0.15, -0.1) is 0 Å². The maximum Gasteiger partial charge on any atom is 0.248 e. The van der Waals surface area contributed by atoms with Gasteiger partial charge >= 0.3 is 0 Å². The van der Waals surface area contributed by atoms with Gasteiger partial charge in [0.1, 0.15) is 0 Å². The molecule has 1 aliphatic rings. The van der Waals surface area contributed by atoms with Crippen molar-refractivity contribution in [3.63, 3.8) is 0 Å². The average Bonchev–Trinajstić information content (AvgIpc) is 2.16. The zero-order valence-electron chi connectivity index (χ0n) is 9.17. The number of Topliss-reactive ketones (excluding diaryl/α,β-unsaturated/α-hetero) is 1. The van der Waals surface area contributed by atoms with E-state index in [1.807, 2.05) is 0 Å². The number of alkyl halides is 2. The highest BCUT2D eigenvalue weighted by Gasteiger charge is 2.46. The average molecular weight is 224 g/mol. The van der Waals surface area contributed by atoms with Crippen LogP contribution in [0.2, 0.25) is 0 Å². The molecule has 3 heteroatoms. The molecule has 0 radical (unpaired) electrons. The zero-order chi connectivity index (χ0) is 11.8. The predicted octanol–water partition coefficient (Wildman–Crippen LogP) is 3.58. The summed E-state index contributed by atoms with van der Waals surface area (Å²) in [5.74, 6) is -0.0359. The zero-order valence-corrected chi connectivity index (χ0v) is 9.17. The molecular weight excluding hydrogens is 210 g/mol. The molecule has 1 fully saturated rings. The van der Waals surface area contributed by atoms with Crippen LogP contribution in [0, 0.1) is 0 Å². The first-order chi connectivity index (χ1) is 7.56. The number of hydrogen-bond donors (Lipinski definition) is 0. The quantitative estimate of drug-likeness (QED) is 0.717. The van der Waals surface area contributed by atoms with E-state index in [9.17, 15) is 13.6 Å². The van der Waals surface area contributed by atoms with Crippen LogP contribution in [0.15, 0.2) is 24.3 Å². The second-order valence-corrected chi connectivity index (χ2v) is 4.44. The minimum Gasteiger partial charge on any atom is -0.295 e. The Balaban J connectivity index is 2.30. The topological polar surface area (TPSA) is 17.1 Å². The lowest BCUT2D eigenvalue weighted by Gasteiger charge is -2.41. The molecule has 0 amide bonds. The smallest absolute Gasteiger partial charge is 0.248 e. The van der Waals surface area contributed by atoms with Crippen molar-refractivity contribution in [2.45, 2.75) is 38.0 Å². The second-order valence-electron chi connectivity index (χ2n) is 4.44. The molecule has 16 heavy (non-hydrogen) atoms. The van der Waals surface area contributed by atoms with Crippen molar-refractivity contribution in [1.82, 2.24) is 0 Å². The molecule has 0 spiro atoms. The van der Waals surface area contributed by atoms with Crippen molar-refractivity contribution >= 4 is 5.78 Å². The van der Waals surface area contributed by atoms with Gasteiger partial charge in [-0.05, 0) is 25.3 Å². The van der Waals surface area contributed by atoms with E-state index in [0.717, 1.165) is 6.42 Å². The molecule has 0 aromatic heterocycles. The Bertz CT molecular complexity index is 391. The first kappa shape index (κ1) is 11.2. The predicted molar refractivity (Wildman–Crippen MR) is 58.0 cm³/mol. The lowest BCUT2D eigenvalue weighted by atomic mass is 9.64. The van der Waals surface area contributed by atoms with Crippen LogP contribution < -0.4 is 0 Å². The van der Waals surface area contributed by atoms with Gasteiger partial charge in [0.25, 0.3) is 0 Å². The molecule has 1 saturated carbocycles. The fourth-order valence-electron chi connectivity index (χ4n) is 2.23. The van der Waals surface area contributed by atoms with E-state index >= 15 is 0 Å². The molecule has 0 N–H and O–H groups in total. The number of carbonyl (C=O) groups excluding carboxylic acids is 1. The Morgan fingerprint density at radius 1 is 1.25 bits per heavy atom. The monoisotopic (exact) mass is 224 g/mol. The first-order valence-corrected chi connectivity index (χ1v) is 5.46. The van der Waals surface area contributed by atoms with Crippen LogP contribution in [0.4, 0.5) is 8.78 Å². The van der Waals surface area contributed by atoms with Crippen LogP contribution in [-0.2, 0) is 5.41 Å².